The van der Waals surface area contributed by atoms with Crippen LogP contribution in [0.3, 0.4) is 0 Å². The highest BCUT2D eigenvalue weighted by molar-refractivity contribution is 8.00. The van der Waals surface area contributed by atoms with Crippen LogP contribution in [0.25, 0.3) is 5.69 Å². The molecule has 12 heteroatoms. The number of para-hydroxylation sites is 1. The lowest BCUT2D eigenvalue weighted by atomic mass is 10.3. The van der Waals surface area contributed by atoms with Crippen molar-refractivity contribution in [3.05, 3.63) is 46.4 Å². The van der Waals surface area contributed by atoms with E-state index in [0.717, 1.165) is 4.68 Å². The molecular formula is C14H11ClF6N2O2S. The summed E-state index contributed by atoms with van der Waals surface area (Å²) in [6.07, 6.45) is -5.74. The molecule has 1 atom stereocenters. The molecule has 0 saturated heterocycles. The van der Waals surface area contributed by atoms with Gasteiger partial charge < -0.3 is 0 Å². The van der Waals surface area contributed by atoms with Crippen molar-refractivity contribution in [1.82, 2.24) is 9.36 Å². The summed E-state index contributed by atoms with van der Waals surface area (Å²) in [6, 6.07) is 7.87. The summed E-state index contributed by atoms with van der Waals surface area (Å²) < 4.78 is 82.9. The summed E-state index contributed by atoms with van der Waals surface area (Å²) in [6.45, 7) is 1.28. The van der Waals surface area contributed by atoms with Gasteiger partial charge in [-0.2, -0.15) is 13.2 Å². The Morgan fingerprint density at radius 3 is 2.12 bits per heavy atom. The number of ether oxygens (including phenoxy) is 1. The molecule has 0 aliphatic rings. The van der Waals surface area contributed by atoms with Crippen molar-refractivity contribution in [3.8, 4) is 5.69 Å². The van der Waals surface area contributed by atoms with Crippen LogP contribution in [0, 0.1) is 6.92 Å². The van der Waals surface area contributed by atoms with Gasteiger partial charge in [0.15, 0.2) is 0 Å². The van der Waals surface area contributed by atoms with E-state index in [0.29, 0.717) is 5.69 Å². The van der Waals surface area contributed by atoms with Gasteiger partial charge in [-0.05, 0) is 42.4 Å². The first-order valence-corrected chi connectivity index (χ1v) is 8.02. The van der Waals surface area contributed by atoms with Crippen LogP contribution < -0.4 is 5.56 Å². The van der Waals surface area contributed by atoms with Crippen LogP contribution >= 0.6 is 23.4 Å². The van der Waals surface area contributed by atoms with Crippen LogP contribution in [0.2, 0.25) is 0 Å². The average molecular weight is 421 g/mol. The minimum Gasteiger partial charge on any atom is -0.284 e. The first-order chi connectivity index (χ1) is 11.8. The second-order valence-corrected chi connectivity index (χ2v) is 6.69. The number of thioether (sulfide) groups is 1. The Morgan fingerprint density at radius 1 is 1.08 bits per heavy atom. The highest BCUT2D eigenvalue weighted by Crippen LogP contribution is 2.50. The minimum absolute atomic E-state index is 0.0250. The van der Waals surface area contributed by atoms with E-state index in [1.807, 2.05) is 0 Å². The zero-order chi connectivity index (χ0) is 19.9. The van der Waals surface area contributed by atoms with E-state index < -0.39 is 39.1 Å². The molecule has 0 fully saturated rings. The number of hydrogen-bond acceptors (Lipinski definition) is 3. The smallest absolute Gasteiger partial charge is 0.284 e. The third kappa shape index (κ3) is 4.04. The van der Waals surface area contributed by atoms with Crippen LogP contribution in [0.1, 0.15) is 5.69 Å². The van der Waals surface area contributed by atoms with Crippen LogP contribution in [-0.2, 0) is 11.8 Å². The fourth-order valence-corrected chi connectivity index (χ4v) is 3.13. The van der Waals surface area contributed by atoms with Crippen molar-refractivity contribution in [3.63, 3.8) is 0 Å². The molecule has 0 radical (unpaired) electrons. The molecule has 0 saturated carbocycles. The fourth-order valence-electron chi connectivity index (χ4n) is 2.05. The van der Waals surface area contributed by atoms with Gasteiger partial charge in [-0.1, -0.05) is 18.2 Å². The van der Waals surface area contributed by atoms with Gasteiger partial charge in [0.25, 0.3) is 5.56 Å². The average Bonchev–Trinajstić information content (AvgIpc) is 2.69. The Hall–Kier alpha value is -1.59. The highest BCUT2D eigenvalue weighted by Gasteiger charge is 2.62. The maximum absolute atomic E-state index is 14.0. The third-order valence-corrected chi connectivity index (χ3v) is 4.93. The summed E-state index contributed by atoms with van der Waals surface area (Å²) in [5, 5.41) is -9.81. The second kappa shape index (κ2) is 6.86. The first-order valence-electron chi connectivity index (χ1n) is 6.82. The molecule has 1 heterocycles. The van der Waals surface area contributed by atoms with Crippen LogP contribution in [0.5, 0.6) is 0 Å². The largest absolute Gasteiger partial charge is 0.526 e. The molecule has 4 nitrogen and oxygen atoms in total. The molecule has 0 N–H and O–H groups in total. The third-order valence-electron chi connectivity index (χ3n) is 3.31. The second-order valence-electron chi connectivity index (χ2n) is 5.07. The number of aromatic nitrogens is 2. The van der Waals surface area contributed by atoms with Gasteiger partial charge in [-0.25, -0.2) is 9.42 Å². The molecule has 2 aromatic rings. The lowest BCUT2D eigenvalue weighted by molar-refractivity contribution is -0.391. The maximum atomic E-state index is 14.0. The molecule has 0 bridgehead atoms. The standard InChI is InChI=1S/C14H11ClF6N2O2S/c1-8-10(26-13(17,18)12(15,16)25-14(19,20)21)11(24)23(22(8)2)9-6-4-3-5-7-9/h3-7H,1-2H3. The van der Waals surface area contributed by atoms with Crippen molar-refractivity contribution >= 4 is 23.4 Å². The van der Waals surface area contributed by atoms with Gasteiger partial charge in [-0.15, -0.1) is 13.2 Å². The number of halogens is 7. The Kier molecular flexibility index (Phi) is 5.46. The van der Waals surface area contributed by atoms with E-state index in [-0.39, 0.29) is 5.69 Å². The quantitative estimate of drug-likeness (QED) is 0.404. The van der Waals surface area contributed by atoms with Crippen molar-refractivity contribution < 1.29 is 31.1 Å². The van der Waals surface area contributed by atoms with E-state index in [9.17, 15) is 31.1 Å². The number of benzene rings is 1. The molecule has 1 unspecified atom stereocenters. The molecule has 1 aromatic heterocycles. The molecule has 26 heavy (non-hydrogen) atoms. The topological polar surface area (TPSA) is 36.2 Å². The van der Waals surface area contributed by atoms with E-state index in [4.69, 9.17) is 0 Å². The van der Waals surface area contributed by atoms with E-state index in [1.54, 1.807) is 18.2 Å². The molecule has 144 valence electrons. The number of nitrogens with zero attached hydrogens (tertiary/aromatic N) is 2. The maximum Gasteiger partial charge on any atom is 0.526 e. The molecular weight excluding hydrogens is 410 g/mol. The number of rotatable bonds is 5. The van der Waals surface area contributed by atoms with Crippen molar-refractivity contribution in [2.24, 2.45) is 7.05 Å². The molecule has 0 aliphatic carbocycles. The zero-order valence-electron chi connectivity index (χ0n) is 13.2. The number of hydrogen-bond donors (Lipinski definition) is 0. The van der Waals surface area contributed by atoms with Crippen LogP contribution in [0.4, 0.5) is 26.3 Å². The fraction of sp³-hybridized carbons (Fsp3) is 0.357. The van der Waals surface area contributed by atoms with E-state index >= 15 is 0 Å². The monoisotopic (exact) mass is 420 g/mol. The molecule has 2 rings (SSSR count). The predicted molar refractivity (Wildman–Crippen MR) is 83.4 cm³/mol. The van der Waals surface area contributed by atoms with Gasteiger partial charge in [-0.3, -0.25) is 9.48 Å². The normalized spacial score (nSPS) is 15.1. The molecule has 0 amide bonds. The first kappa shape index (κ1) is 20.7. The summed E-state index contributed by atoms with van der Waals surface area (Å²) in [5.41, 5.74) is -0.675. The molecule has 0 aliphatic heterocycles. The SMILES string of the molecule is Cc1c(SC(F)(F)C(F)(Cl)OC(F)(F)F)c(=O)n(-c2ccccc2)n1C. The van der Waals surface area contributed by atoms with E-state index in [1.165, 1.54) is 30.8 Å². The highest BCUT2D eigenvalue weighted by atomic mass is 35.5. The van der Waals surface area contributed by atoms with Crippen LogP contribution in [-0.4, -0.2) is 26.3 Å². The lowest BCUT2D eigenvalue weighted by Crippen LogP contribution is -2.43. The summed E-state index contributed by atoms with van der Waals surface area (Å²) in [5.74, 6) is 0. The number of alkyl halides is 7. The van der Waals surface area contributed by atoms with Crippen LogP contribution in [0.15, 0.2) is 40.0 Å². The molecule has 1 aromatic carbocycles. The summed E-state index contributed by atoms with van der Waals surface area (Å²) in [7, 11) is 1.38. The van der Waals surface area contributed by atoms with Gasteiger partial charge in [0, 0.05) is 7.05 Å². The lowest BCUT2D eigenvalue weighted by Gasteiger charge is -2.27. The Bertz CT molecular complexity index is 848. The summed E-state index contributed by atoms with van der Waals surface area (Å²) >= 11 is 3.89. The zero-order valence-corrected chi connectivity index (χ0v) is 14.7. The van der Waals surface area contributed by atoms with Crippen molar-refractivity contribution in [1.29, 1.82) is 0 Å². The Balaban J connectivity index is 2.46. The van der Waals surface area contributed by atoms with Gasteiger partial charge in [0.1, 0.15) is 4.90 Å². The Morgan fingerprint density at radius 2 is 1.62 bits per heavy atom. The van der Waals surface area contributed by atoms with Gasteiger partial charge in [0.2, 0.25) is 0 Å². The molecule has 0 spiro atoms. The Labute approximate surface area is 152 Å². The van der Waals surface area contributed by atoms with Gasteiger partial charge in [0.05, 0.1) is 11.4 Å². The summed E-state index contributed by atoms with van der Waals surface area (Å²) in [4.78, 5) is 11.8. The van der Waals surface area contributed by atoms with Gasteiger partial charge >= 0.3 is 16.9 Å². The minimum atomic E-state index is -5.74. The van der Waals surface area contributed by atoms with Crippen molar-refractivity contribution in [2.75, 3.05) is 0 Å². The van der Waals surface area contributed by atoms with Crippen molar-refractivity contribution in [2.45, 2.75) is 28.8 Å². The van der Waals surface area contributed by atoms with E-state index in [2.05, 4.69) is 16.3 Å². The predicted octanol–water partition coefficient (Wildman–Crippen LogP) is 4.57.